The first-order valence-corrected chi connectivity index (χ1v) is 11.3. The third-order valence-electron chi connectivity index (χ3n) is 4.72. The Morgan fingerprint density at radius 2 is 1.73 bits per heavy atom. The number of unbranched alkanes of at least 4 members (excludes halogenated alkanes) is 3. The second-order valence-electron chi connectivity index (χ2n) is 7.35. The number of hydrogen-bond donors (Lipinski definition) is 0. The van der Waals surface area contributed by atoms with Crippen molar-refractivity contribution in [2.24, 2.45) is 0 Å². The average molecular weight is 419 g/mol. The molecule has 0 fully saturated rings. The van der Waals surface area contributed by atoms with Crippen LogP contribution in [0.3, 0.4) is 0 Å². The number of carbonyl (C=O) groups is 2. The van der Waals surface area contributed by atoms with Gasteiger partial charge in [0, 0.05) is 12.8 Å². The molecule has 1 aromatic rings. The Morgan fingerprint density at radius 1 is 0.933 bits per heavy atom. The molecule has 0 aliphatic carbocycles. The van der Waals surface area contributed by atoms with Gasteiger partial charge in [-0.2, -0.15) is 0 Å². The zero-order valence-electron chi connectivity index (χ0n) is 18.6. The SMILES string of the molecule is CCC=CCCOC(=O)CCC(CCCCCC)OC(=O)OCCc1ccccc1. The lowest BCUT2D eigenvalue weighted by atomic mass is 10.1. The Hall–Kier alpha value is -2.30. The number of ether oxygens (including phenoxy) is 3. The van der Waals surface area contributed by atoms with Crippen LogP contribution >= 0.6 is 0 Å². The molecule has 0 amide bonds. The normalized spacial score (nSPS) is 11.9. The van der Waals surface area contributed by atoms with Crippen molar-refractivity contribution in [3.63, 3.8) is 0 Å². The maximum absolute atomic E-state index is 12.1. The topological polar surface area (TPSA) is 61.8 Å². The highest BCUT2D eigenvalue weighted by Crippen LogP contribution is 2.15. The summed E-state index contributed by atoms with van der Waals surface area (Å²) in [6.07, 6.45) is 11.2. The minimum Gasteiger partial charge on any atom is -0.465 e. The van der Waals surface area contributed by atoms with Crippen molar-refractivity contribution >= 4 is 12.1 Å². The molecule has 0 bridgehead atoms. The van der Waals surface area contributed by atoms with Gasteiger partial charge >= 0.3 is 12.1 Å². The van der Waals surface area contributed by atoms with Gasteiger partial charge in [0.2, 0.25) is 0 Å². The minimum atomic E-state index is -0.663. The predicted octanol–water partition coefficient (Wildman–Crippen LogP) is 6.40. The first-order chi connectivity index (χ1) is 14.7. The summed E-state index contributed by atoms with van der Waals surface area (Å²) >= 11 is 0. The molecule has 0 N–H and O–H groups in total. The number of allylic oxidation sites excluding steroid dienone is 1. The van der Waals surface area contributed by atoms with Gasteiger partial charge in [0.05, 0.1) is 13.2 Å². The van der Waals surface area contributed by atoms with E-state index >= 15 is 0 Å². The van der Waals surface area contributed by atoms with Crippen LogP contribution in [0.5, 0.6) is 0 Å². The van der Waals surface area contributed by atoms with E-state index in [-0.39, 0.29) is 25.1 Å². The van der Waals surface area contributed by atoms with Gasteiger partial charge in [0.25, 0.3) is 0 Å². The van der Waals surface area contributed by atoms with E-state index in [0.29, 0.717) is 19.4 Å². The van der Waals surface area contributed by atoms with Crippen LogP contribution in [0.2, 0.25) is 0 Å². The van der Waals surface area contributed by atoms with Gasteiger partial charge in [-0.3, -0.25) is 4.79 Å². The molecule has 0 spiro atoms. The maximum Gasteiger partial charge on any atom is 0.508 e. The molecule has 5 heteroatoms. The molecular weight excluding hydrogens is 380 g/mol. The van der Waals surface area contributed by atoms with E-state index in [1.807, 2.05) is 36.4 Å². The summed E-state index contributed by atoms with van der Waals surface area (Å²) < 4.78 is 16.0. The highest BCUT2D eigenvalue weighted by Gasteiger charge is 2.17. The Labute approximate surface area is 181 Å². The minimum absolute atomic E-state index is 0.243. The summed E-state index contributed by atoms with van der Waals surface area (Å²) in [4.78, 5) is 24.0. The van der Waals surface area contributed by atoms with Crippen LogP contribution in [0.25, 0.3) is 0 Å². The summed E-state index contributed by atoms with van der Waals surface area (Å²) in [7, 11) is 0. The van der Waals surface area contributed by atoms with E-state index in [0.717, 1.165) is 50.5 Å². The number of hydrogen-bond acceptors (Lipinski definition) is 5. The molecule has 168 valence electrons. The average Bonchev–Trinajstić information content (AvgIpc) is 2.75. The largest absolute Gasteiger partial charge is 0.508 e. The lowest BCUT2D eigenvalue weighted by molar-refractivity contribution is -0.144. The number of rotatable bonds is 16. The summed E-state index contributed by atoms with van der Waals surface area (Å²) in [6.45, 7) is 4.89. The standard InChI is InChI=1S/C25H38O5/c1-3-5-7-12-16-23(17-18-24(26)28-20-13-8-6-4-2)30-25(27)29-21-19-22-14-10-9-11-15-22/h6,8-11,14-15,23H,3-5,7,12-13,16-21H2,1-2H3. The van der Waals surface area contributed by atoms with E-state index < -0.39 is 6.16 Å². The number of esters is 1. The first-order valence-electron chi connectivity index (χ1n) is 11.3. The quantitative estimate of drug-likeness (QED) is 0.176. The fraction of sp³-hybridized carbons (Fsp3) is 0.600. The first kappa shape index (κ1) is 25.7. The fourth-order valence-electron chi connectivity index (χ4n) is 3.00. The van der Waals surface area contributed by atoms with Crippen LogP contribution in [0.4, 0.5) is 4.79 Å². The molecule has 5 nitrogen and oxygen atoms in total. The molecule has 1 unspecified atom stereocenters. The summed E-state index contributed by atoms with van der Waals surface area (Å²) in [5.74, 6) is -0.250. The van der Waals surface area contributed by atoms with Crippen LogP contribution < -0.4 is 0 Å². The van der Waals surface area contributed by atoms with Gasteiger partial charge in [0.15, 0.2) is 0 Å². The molecule has 30 heavy (non-hydrogen) atoms. The highest BCUT2D eigenvalue weighted by molar-refractivity contribution is 5.69. The molecule has 1 aromatic carbocycles. The van der Waals surface area contributed by atoms with Crippen molar-refractivity contribution in [3.8, 4) is 0 Å². The summed E-state index contributed by atoms with van der Waals surface area (Å²) in [6, 6.07) is 9.86. The maximum atomic E-state index is 12.1. The zero-order chi connectivity index (χ0) is 21.9. The summed E-state index contributed by atoms with van der Waals surface area (Å²) in [5.41, 5.74) is 1.11. The molecule has 0 aliphatic heterocycles. The lowest BCUT2D eigenvalue weighted by Gasteiger charge is -2.17. The molecule has 1 atom stereocenters. The van der Waals surface area contributed by atoms with Gasteiger partial charge in [-0.05, 0) is 37.7 Å². The van der Waals surface area contributed by atoms with Crippen molar-refractivity contribution in [1.82, 2.24) is 0 Å². The Bertz CT molecular complexity index is 597. The van der Waals surface area contributed by atoms with E-state index in [4.69, 9.17) is 14.2 Å². The van der Waals surface area contributed by atoms with Crippen LogP contribution in [0, 0.1) is 0 Å². The zero-order valence-corrected chi connectivity index (χ0v) is 18.6. The molecule has 1 rings (SSSR count). The molecule has 0 saturated heterocycles. The van der Waals surface area contributed by atoms with Crippen LogP contribution in [0.1, 0.15) is 77.2 Å². The molecule has 0 aliphatic rings. The Morgan fingerprint density at radius 3 is 2.47 bits per heavy atom. The smallest absolute Gasteiger partial charge is 0.465 e. The van der Waals surface area contributed by atoms with Crippen molar-refractivity contribution in [1.29, 1.82) is 0 Å². The monoisotopic (exact) mass is 418 g/mol. The van der Waals surface area contributed by atoms with Gasteiger partial charge in [-0.1, -0.05) is 75.6 Å². The van der Waals surface area contributed by atoms with E-state index in [1.54, 1.807) is 0 Å². The predicted molar refractivity (Wildman–Crippen MR) is 119 cm³/mol. The van der Waals surface area contributed by atoms with Gasteiger partial charge < -0.3 is 14.2 Å². The molecule has 0 aromatic heterocycles. The van der Waals surface area contributed by atoms with Crippen molar-refractivity contribution in [2.75, 3.05) is 13.2 Å². The lowest BCUT2D eigenvalue weighted by Crippen LogP contribution is -2.21. The Balaban J connectivity index is 2.34. The van der Waals surface area contributed by atoms with Crippen LogP contribution in [-0.4, -0.2) is 31.4 Å². The second-order valence-corrected chi connectivity index (χ2v) is 7.35. The third kappa shape index (κ3) is 13.8. The van der Waals surface area contributed by atoms with Crippen molar-refractivity contribution < 1.29 is 23.8 Å². The number of carbonyl (C=O) groups excluding carboxylic acids is 2. The Kier molecular flexibility index (Phi) is 15.1. The third-order valence-corrected chi connectivity index (χ3v) is 4.72. The van der Waals surface area contributed by atoms with Crippen molar-refractivity contribution in [2.45, 2.75) is 84.2 Å². The van der Waals surface area contributed by atoms with E-state index in [1.165, 1.54) is 0 Å². The van der Waals surface area contributed by atoms with Gasteiger partial charge in [0.1, 0.15) is 6.10 Å². The second kappa shape index (κ2) is 17.5. The van der Waals surface area contributed by atoms with Crippen LogP contribution in [-0.2, 0) is 25.4 Å². The highest BCUT2D eigenvalue weighted by atomic mass is 16.7. The van der Waals surface area contributed by atoms with Crippen LogP contribution in [0.15, 0.2) is 42.5 Å². The summed E-state index contributed by atoms with van der Waals surface area (Å²) in [5, 5.41) is 0. The van der Waals surface area contributed by atoms with E-state index in [2.05, 4.69) is 19.9 Å². The van der Waals surface area contributed by atoms with Gasteiger partial charge in [-0.15, -0.1) is 0 Å². The fourth-order valence-corrected chi connectivity index (χ4v) is 3.00. The molecule has 0 radical (unpaired) electrons. The number of benzene rings is 1. The van der Waals surface area contributed by atoms with Crippen molar-refractivity contribution in [3.05, 3.63) is 48.0 Å². The molecule has 0 heterocycles. The molecule has 0 saturated carbocycles. The molecular formula is C25H38O5. The van der Waals surface area contributed by atoms with Gasteiger partial charge in [-0.25, -0.2) is 4.79 Å². The van der Waals surface area contributed by atoms with E-state index in [9.17, 15) is 9.59 Å².